The molecule has 0 bridgehead atoms. The number of rotatable bonds is 4. The molecule has 104 valence electrons. The van der Waals surface area contributed by atoms with Crippen LogP contribution in [-0.4, -0.2) is 33.7 Å². The average Bonchev–Trinajstić information content (AvgIpc) is 2.13. The fourth-order valence-electron chi connectivity index (χ4n) is 2.08. The van der Waals surface area contributed by atoms with Crippen molar-refractivity contribution in [3.8, 4) is 0 Å². The third kappa shape index (κ3) is 5.41. The van der Waals surface area contributed by atoms with Gasteiger partial charge in [-0.05, 0) is 11.1 Å². The summed E-state index contributed by atoms with van der Waals surface area (Å²) in [7, 11) is 5.66. The lowest BCUT2D eigenvalue weighted by Crippen LogP contribution is -3.00. The van der Waals surface area contributed by atoms with Crippen LogP contribution in [0.15, 0.2) is 24.3 Å². The maximum Gasteiger partial charge on any atom is 0.104 e. The number of benzene rings is 1. The molecule has 0 saturated carbocycles. The fourth-order valence-corrected chi connectivity index (χ4v) is 3.29. The molecule has 1 nitrogen and oxygen atoms in total. The topological polar surface area (TPSA) is 0 Å². The van der Waals surface area contributed by atoms with Crippen LogP contribution in [0.5, 0.6) is 0 Å². The highest BCUT2D eigenvalue weighted by atomic mass is 127. The van der Waals surface area contributed by atoms with Crippen molar-refractivity contribution < 1.29 is 28.5 Å². The van der Waals surface area contributed by atoms with Gasteiger partial charge in [-0.2, -0.15) is 0 Å². The summed E-state index contributed by atoms with van der Waals surface area (Å²) in [4.78, 5) is 0. The van der Waals surface area contributed by atoms with E-state index in [2.05, 4.69) is 72.0 Å². The molecule has 1 atom stereocenters. The van der Waals surface area contributed by atoms with Crippen LogP contribution < -0.4 is 24.0 Å². The number of nitrogens with zero attached hydrogens (tertiary/aromatic N) is 1. The lowest BCUT2D eigenvalue weighted by molar-refractivity contribution is -0.884. The summed E-state index contributed by atoms with van der Waals surface area (Å²) < 4.78 is 0.995. The molecule has 0 spiro atoms. The first-order chi connectivity index (χ1) is 7.61. The Labute approximate surface area is 131 Å². The Morgan fingerprint density at radius 3 is 2.00 bits per heavy atom. The maximum absolute atomic E-state index is 2.46. The Kier molecular flexibility index (Phi) is 6.57. The number of hydrogen-bond donors (Lipinski definition) is 0. The van der Waals surface area contributed by atoms with Crippen LogP contribution in [-0.2, 0) is 6.54 Å². The molecule has 1 aromatic carbocycles. The lowest BCUT2D eigenvalue weighted by Gasteiger charge is -2.30. The third-order valence-corrected chi connectivity index (χ3v) is 6.37. The van der Waals surface area contributed by atoms with Gasteiger partial charge < -0.3 is 28.5 Å². The molecule has 0 aliphatic heterocycles. The molecular weight excluding hydrogens is 349 g/mol. The summed E-state index contributed by atoms with van der Waals surface area (Å²) in [5.74, 6) is 0. The van der Waals surface area contributed by atoms with Gasteiger partial charge in [0.25, 0.3) is 0 Å². The Morgan fingerprint density at radius 1 is 1.06 bits per heavy atom. The van der Waals surface area contributed by atoms with Crippen LogP contribution >= 0.6 is 0 Å². The van der Waals surface area contributed by atoms with Crippen molar-refractivity contribution >= 4 is 8.07 Å². The molecule has 1 unspecified atom stereocenters. The zero-order chi connectivity index (χ0) is 13.3. The van der Waals surface area contributed by atoms with E-state index in [1.165, 1.54) is 5.56 Å². The molecule has 0 aliphatic rings. The number of hydrogen-bond acceptors (Lipinski definition) is 0. The molecular formula is C15H28INSi. The van der Waals surface area contributed by atoms with Gasteiger partial charge in [0.1, 0.15) is 6.54 Å². The highest BCUT2D eigenvalue weighted by Crippen LogP contribution is 2.29. The molecule has 1 aromatic rings. The Hall–Kier alpha value is 0.127. The van der Waals surface area contributed by atoms with Crippen molar-refractivity contribution in [2.24, 2.45) is 0 Å². The van der Waals surface area contributed by atoms with E-state index in [4.69, 9.17) is 0 Å². The van der Waals surface area contributed by atoms with E-state index in [1.807, 2.05) is 0 Å². The summed E-state index contributed by atoms with van der Waals surface area (Å²) in [6.07, 6.45) is 0. The molecule has 0 aliphatic carbocycles. The van der Waals surface area contributed by atoms with Crippen molar-refractivity contribution in [3.63, 3.8) is 0 Å². The van der Waals surface area contributed by atoms with Gasteiger partial charge >= 0.3 is 0 Å². The van der Waals surface area contributed by atoms with Crippen LogP contribution in [0, 0.1) is 0 Å². The third-order valence-electron chi connectivity index (χ3n) is 3.47. The molecule has 3 heteroatoms. The SMILES string of the molecule is CC(c1ccccc1C[N+](C)(C)C)[Si](C)(C)C.[I-]. The van der Waals surface area contributed by atoms with Gasteiger partial charge in [0.05, 0.1) is 29.2 Å². The van der Waals surface area contributed by atoms with Gasteiger partial charge in [-0.1, -0.05) is 50.8 Å². The van der Waals surface area contributed by atoms with Crippen molar-refractivity contribution in [2.75, 3.05) is 21.1 Å². The van der Waals surface area contributed by atoms with Crippen LogP contribution in [0.1, 0.15) is 23.6 Å². The molecule has 1 rings (SSSR count). The summed E-state index contributed by atoms with van der Waals surface area (Å²) in [6.45, 7) is 10.9. The standard InChI is InChI=1S/C15H28NSi.HI/c1-13(17(5,6)7)15-11-9-8-10-14(15)12-16(2,3)4;/h8-11,13H,12H2,1-7H3;1H/q+1;/p-1. The second-order valence-corrected chi connectivity index (χ2v) is 12.8. The van der Waals surface area contributed by atoms with Crippen LogP contribution in [0.25, 0.3) is 0 Å². The van der Waals surface area contributed by atoms with E-state index in [-0.39, 0.29) is 24.0 Å². The minimum absolute atomic E-state index is 0. The van der Waals surface area contributed by atoms with E-state index < -0.39 is 8.07 Å². The molecule has 0 aromatic heterocycles. The van der Waals surface area contributed by atoms with Crippen LogP contribution in [0.4, 0.5) is 0 Å². The van der Waals surface area contributed by atoms with Crippen molar-refractivity contribution in [1.29, 1.82) is 0 Å². The molecule has 18 heavy (non-hydrogen) atoms. The first-order valence-electron chi connectivity index (χ1n) is 6.49. The minimum Gasteiger partial charge on any atom is -1.00 e. The molecule has 0 amide bonds. The summed E-state index contributed by atoms with van der Waals surface area (Å²) in [5.41, 5.74) is 3.82. The van der Waals surface area contributed by atoms with Crippen molar-refractivity contribution in [1.82, 2.24) is 0 Å². The van der Waals surface area contributed by atoms with E-state index >= 15 is 0 Å². The fraction of sp³-hybridized carbons (Fsp3) is 0.600. The van der Waals surface area contributed by atoms with E-state index in [1.54, 1.807) is 5.56 Å². The maximum atomic E-state index is 2.46. The second kappa shape index (κ2) is 6.53. The normalized spacial score (nSPS) is 13.9. The summed E-state index contributed by atoms with van der Waals surface area (Å²) in [5, 5.41) is 0. The molecule has 0 N–H and O–H groups in total. The van der Waals surface area contributed by atoms with Crippen molar-refractivity contribution in [3.05, 3.63) is 35.4 Å². The monoisotopic (exact) mass is 377 g/mol. The Bertz CT molecular complexity index is 377. The first kappa shape index (κ1) is 18.1. The molecule has 0 fully saturated rings. The minimum atomic E-state index is -1.12. The quantitative estimate of drug-likeness (QED) is 0.415. The van der Waals surface area contributed by atoms with E-state index in [9.17, 15) is 0 Å². The Balaban J connectivity index is 0.00000289. The Morgan fingerprint density at radius 2 is 1.56 bits per heavy atom. The summed E-state index contributed by atoms with van der Waals surface area (Å²) in [6, 6.07) is 8.99. The van der Waals surface area contributed by atoms with E-state index in [0.29, 0.717) is 0 Å². The van der Waals surface area contributed by atoms with Gasteiger partial charge in [0.15, 0.2) is 0 Å². The van der Waals surface area contributed by atoms with Crippen molar-refractivity contribution in [2.45, 2.75) is 38.7 Å². The zero-order valence-electron chi connectivity index (χ0n) is 12.9. The summed E-state index contributed by atoms with van der Waals surface area (Å²) >= 11 is 0. The molecule has 0 heterocycles. The highest BCUT2D eigenvalue weighted by Gasteiger charge is 2.26. The van der Waals surface area contributed by atoms with Gasteiger partial charge in [-0.25, -0.2) is 0 Å². The lowest BCUT2D eigenvalue weighted by atomic mass is 10.0. The smallest absolute Gasteiger partial charge is 0.104 e. The zero-order valence-corrected chi connectivity index (χ0v) is 16.1. The molecule has 0 radical (unpaired) electrons. The van der Waals surface area contributed by atoms with Crippen LogP contribution in [0.3, 0.4) is 0 Å². The number of quaternary nitrogens is 1. The predicted molar refractivity (Wildman–Crippen MR) is 79.9 cm³/mol. The number of halogens is 1. The second-order valence-electron chi connectivity index (χ2n) is 7.23. The van der Waals surface area contributed by atoms with E-state index in [0.717, 1.165) is 16.6 Å². The first-order valence-corrected chi connectivity index (χ1v) is 10.1. The van der Waals surface area contributed by atoms with Gasteiger partial charge in [0.2, 0.25) is 0 Å². The molecule has 0 saturated heterocycles. The van der Waals surface area contributed by atoms with Gasteiger partial charge in [0, 0.05) is 5.56 Å². The predicted octanol–water partition coefficient (Wildman–Crippen LogP) is 0.878. The highest BCUT2D eigenvalue weighted by molar-refractivity contribution is 6.77. The van der Waals surface area contributed by atoms with Crippen LogP contribution in [0.2, 0.25) is 19.6 Å². The largest absolute Gasteiger partial charge is 1.00 e. The van der Waals surface area contributed by atoms with Gasteiger partial charge in [-0.3, -0.25) is 0 Å². The average molecular weight is 377 g/mol. The van der Waals surface area contributed by atoms with Gasteiger partial charge in [-0.15, -0.1) is 0 Å².